The molecule has 0 unspecified atom stereocenters. The molecule has 2 nitrogen and oxygen atoms in total. The van der Waals surface area contributed by atoms with Crippen molar-refractivity contribution in [2.75, 3.05) is 13.1 Å². The molecule has 1 aromatic heterocycles. The van der Waals surface area contributed by atoms with Crippen LogP contribution in [0.25, 0.3) is 11.1 Å². The summed E-state index contributed by atoms with van der Waals surface area (Å²) in [5.41, 5.74) is 3.45. The zero-order valence-corrected chi connectivity index (χ0v) is 12.6. The van der Waals surface area contributed by atoms with Gasteiger partial charge in [0, 0.05) is 18.7 Å². The number of carbonyl (C=O) groups excluding carboxylic acids is 1. The number of amides is 1. The molecule has 0 aliphatic carbocycles. The minimum Gasteiger partial charge on any atom is -0.338 e. The molecule has 20 heavy (non-hydrogen) atoms. The van der Waals surface area contributed by atoms with Crippen LogP contribution >= 0.6 is 11.3 Å². The standard InChI is InChI=1S/C17H19NOS/c1-13-5-7-14(8-6-13)15-9-12-20-16(15)17(19)18-10-3-2-4-11-18/h5-9,12H,2-4,10-11H2,1H3. The van der Waals surface area contributed by atoms with Gasteiger partial charge in [0.15, 0.2) is 0 Å². The SMILES string of the molecule is Cc1ccc(-c2ccsc2C(=O)N2CCCCC2)cc1. The van der Waals surface area contributed by atoms with Crippen LogP contribution in [-0.4, -0.2) is 23.9 Å². The lowest BCUT2D eigenvalue weighted by Crippen LogP contribution is -2.35. The van der Waals surface area contributed by atoms with Gasteiger partial charge in [0.05, 0.1) is 4.88 Å². The molecule has 104 valence electrons. The third kappa shape index (κ3) is 2.63. The fourth-order valence-electron chi connectivity index (χ4n) is 2.68. The average molecular weight is 285 g/mol. The largest absolute Gasteiger partial charge is 0.338 e. The summed E-state index contributed by atoms with van der Waals surface area (Å²) in [7, 11) is 0. The van der Waals surface area contributed by atoms with E-state index in [9.17, 15) is 4.79 Å². The Bertz CT molecular complexity index is 594. The molecule has 0 N–H and O–H groups in total. The first-order chi connectivity index (χ1) is 9.75. The predicted octanol–water partition coefficient (Wildman–Crippen LogP) is 4.35. The van der Waals surface area contributed by atoms with E-state index in [2.05, 4.69) is 37.3 Å². The van der Waals surface area contributed by atoms with Crippen LogP contribution in [0.5, 0.6) is 0 Å². The summed E-state index contributed by atoms with van der Waals surface area (Å²) in [6.07, 6.45) is 3.52. The van der Waals surface area contributed by atoms with Gasteiger partial charge in [0.2, 0.25) is 0 Å². The van der Waals surface area contributed by atoms with Gasteiger partial charge in [-0.2, -0.15) is 0 Å². The third-order valence-corrected chi connectivity index (χ3v) is 4.77. The number of piperidine rings is 1. The first kappa shape index (κ1) is 13.4. The second kappa shape index (κ2) is 5.80. The molecule has 3 heteroatoms. The molecule has 1 aromatic carbocycles. The summed E-state index contributed by atoms with van der Waals surface area (Å²) in [4.78, 5) is 15.6. The maximum atomic E-state index is 12.7. The topological polar surface area (TPSA) is 20.3 Å². The number of thiophene rings is 1. The zero-order valence-electron chi connectivity index (χ0n) is 11.8. The molecule has 1 fully saturated rings. The molecule has 1 saturated heterocycles. The van der Waals surface area contributed by atoms with Crippen LogP contribution in [-0.2, 0) is 0 Å². The maximum Gasteiger partial charge on any atom is 0.264 e. The van der Waals surface area contributed by atoms with Crippen molar-refractivity contribution >= 4 is 17.2 Å². The number of hydrogen-bond donors (Lipinski definition) is 0. The number of aryl methyl sites for hydroxylation is 1. The van der Waals surface area contributed by atoms with Crippen LogP contribution in [0.3, 0.4) is 0 Å². The Morgan fingerprint density at radius 3 is 2.45 bits per heavy atom. The zero-order chi connectivity index (χ0) is 13.9. The van der Waals surface area contributed by atoms with Crippen molar-refractivity contribution in [3.63, 3.8) is 0 Å². The normalized spacial score (nSPS) is 15.3. The monoisotopic (exact) mass is 285 g/mol. The van der Waals surface area contributed by atoms with Crippen LogP contribution < -0.4 is 0 Å². The predicted molar refractivity (Wildman–Crippen MR) is 84.2 cm³/mol. The highest BCUT2D eigenvalue weighted by Crippen LogP contribution is 2.30. The van der Waals surface area contributed by atoms with Crippen molar-refractivity contribution in [2.45, 2.75) is 26.2 Å². The third-order valence-electron chi connectivity index (χ3n) is 3.87. The summed E-state index contributed by atoms with van der Waals surface area (Å²) in [5.74, 6) is 0.204. The fraction of sp³-hybridized carbons (Fsp3) is 0.353. The van der Waals surface area contributed by atoms with Crippen molar-refractivity contribution in [1.82, 2.24) is 4.90 Å². The Balaban J connectivity index is 1.89. The highest BCUT2D eigenvalue weighted by molar-refractivity contribution is 7.12. The van der Waals surface area contributed by atoms with Crippen molar-refractivity contribution in [1.29, 1.82) is 0 Å². The summed E-state index contributed by atoms with van der Waals surface area (Å²) in [5, 5.41) is 2.02. The van der Waals surface area contributed by atoms with Gasteiger partial charge in [0.1, 0.15) is 0 Å². The van der Waals surface area contributed by atoms with E-state index in [0.29, 0.717) is 0 Å². The molecule has 2 aromatic rings. The molecular weight excluding hydrogens is 266 g/mol. The smallest absolute Gasteiger partial charge is 0.264 e. The summed E-state index contributed by atoms with van der Waals surface area (Å²) < 4.78 is 0. The van der Waals surface area contributed by atoms with Crippen molar-refractivity contribution in [3.05, 3.63) is 46.2 Å². The summed E-state index contributed by atoms with van der Waals surface area (Å²) >= 11 is 1.56. The number of likely N-dealkylation sites (tertiary alicyclic amines) is 1. The molecular formula is C17H19NOS. The Morgan fingerprint density at radius 2 is 1.75 bits per heavy atom. The molecule has 0 bridgehead atoms. The van der Waals surface area contributed by atoms with Gasteiger partial charge >= 0.3 is 0 Å². The average Bonchev–Trinajstić information content (AvgIpc) is 2.97. The minimum atomic E-state index is 0.204. The van der Waals surface area contributed by atoms with Crippen LogP contribution in [0.2, 0.25) is 0 Å². The van der Waals surface area contributed by atoms with Crippen LogP contribution in [0, 0.1) is 6.92 Å². The second-order valence-corrected chi connectivity index (χ2v) is 6.30. The van der Waals surface area contributed by atoms with E-state index in [1.54, 1.807) is 11.3 Å². The summed E-state index contributed by atoms with van der Waals surface area (Å²) in [6, 6.07) is 10.5. The first-order valence-corrected chi connectivity index (χ1v) is 8.07. The lowest BCUT2D eigenvalue weighted by atomic mass is 10.0. The number of hydrogen-bond acceptors (Lipinski definition) is 2. The van der Waals surface area contributed by atoms with E-state index in [4.69, 9.17) is 0 Å². The maximum absolute atomic E-state index is 12.7. The first-order valence-electron chi connectivity index (χ1n) is 7.19. The quantitative estimate of drug-likeness (QED) is 0.803. The second-order valence-electron chi connectivity index (χ2n) is 5.38. The molecule has 0 radical (unpaired) electrons. The van der Waals surface area contributed by atoms with Gasteiger partial charge in [-0.3, -0.25) is 4.79 Å². The number of nitrogens with zero attached hydrogens (tertiary/aromatic N) is 1. The Morgan fingerprint density at radius 1 is 1.05 bits per heavy atom. The molecule has 1 amide bonds. The van der Waals surface area contributed by atoms with E-state index in [0.717, 1.165) is 41.9 Å². The van der Waals surface area contributed by atoms with E-state index in [-0.39, 0.29) is 5.91 Å². The minimum absolute atomic E-state index is 0.204. The molecule has 2 heterocycles. The van der Waals surface area contributed by atoms with Gasteiger partial charge in [-0.15, -0.1) is 11.3 Å². The fourth-order valence-corrected chi connectivity index (χ4v) is 3.56. The Labute approximate surface area is 124 Å². The number of rotatable bonds is 2. The molecule has 1 aliphatic heterocycles. The van der Waals surface area contributed by atoms with Gasteiger partial charge in [-0.05, 0) is 43.2 Å². The van der Waals surface area contributed by atoms with Crippen LogP contribution in [0.4, 0.5) is 0 Å². The van der Waals surface area contributed by atoms with E-state index >= 15 is 0 Å². The highest BCUT2D eigenvalue weighted by Gasteiger charge is 2.22. The Hall–Kier alpha value is -1.61. The number of benzene rings is 1. The van der Waals surface area contributed by atoms with Crippen molar-refractivity contribution < 1.29 is 4.79 Å². The molecule has 1 aliphatic rings. The molecule has 0 saturated carbocycles. The Kier molecular flexibility index (Phi) is 3.88. The lowest BCUT2D eigenvalue weighted by Gasteiger charge is -2.26. The highest BCUT2D eigenvalue weighted by atomic mass is 32.1. The molecule has 0 atom stereocenters. The van der Waals surface area contributed by atoms with Gasteiger partial charge in [0.25, 0.3) is 5.91 Å². The lowest BCUT2D eigenvalue weighted by molar-refractivity contribution is 0.0730. The van der Waals surface area contributed by atoms with E-state index in [1.807, 2.05) is 10.3 Å². The van der Waals surface area contributed by atoms with Gasteiger partial charge in [-0.1, -0.05) is 29.8 Å². The van der Waals surface area contributed by atoms with Gasteiger partial charge in [-0.25, -0.2) is 0 Å². The van der Waals surface area contributed by atoms with Crippen LogP contribution in [0.1, 0.15) is 34.5 Å². The molecule has 3 rings (SSSR count). The van der Waals surface area contributed by atoms with Crippen LogP contribution in [0.15, 0.2) is 35.7 Å². The molecule has 0 spiro atoms. The van der Waals surface area contributed by atoms with Gasteiger partial charge < -0.3 is 4.90 Å². The number of carbonyl (C=O) groups is 1. The summed E-state index contributed by atoms with van der Waals surface area (Å²) in [6.45, 7) is 3.89. The van der Waals surface area contributed by atoms with Crippen molar-refractivity contribution in [3.8, 4) is 11.1 Å². The van der Waals surface area contributed by atoms with E-state index in [1.165, 1.54) is 12.0 Å². The van der Waals surface area contributed by atoms with E-state index < -0.39 is 0 Å². The van der Waals surface area contributed by atoms with Crippen molar-refractivity contribution in [2.24, 2.45) is 0 Å².